The molecule has 0 spiro atoms. The van der Waals surface area contributed by atoms with Crippen LogP contribution in [0.4, 0.5) is 0 Å². The van der Waals surface area contributed by atoms with Crippen molar-refractivity contribution in [2.75, 3.05) is 13.2 Å². The van der Waals surface area contributed by atoms with Crippen molar-refractivity contribution in [2.45, 2.75) is 26.3 Å². The first-order chi connectivity index (χ1) is 8.19. The molecule has 0 saturated carbocycles. The molecule has 1 atom stereocenters. The first-order valence-electron chi connectivity index (χ1n) is 5.71. The number of nitriles is 1. The predicted molar refractivity (Wildman–Crippen MR) is 72.0 cm³/mol. The van der Waals surface area contributed by atoms with Crippen LogP contribution in [0.3, 0.4) is 0 Å². The largest absolute Gasteiger partial charge is 0.478 e. The second-order valence-corrected chi connectivity index (χ2v) is 4.72. The lowest BCUT2D eigenvalue weighted by atomic mass is 10.1. The molecule has 1 aromatic carbocycles. The highest BCUT2D eigenvalue weighted by Crippen LogP contribution is 2.28. The Morgan fingerprint density at radius 2 is 2.29 bits per heavy atom. The lowest BCUT2D eigenvalue weighted by Crippen LogP contribution is -2.20. The Hall–Kier alpha value is -1.05. The summed E-state index contributed by atoms with van der Waals surface area (Å²) in [4.78, 5) is 0. The minimum absolute atomic E-state index is 0.0734. The second-order valence-electron chi connectivity index (χ2n) is 3.80. The number of nitrogens with one attached hydrogen (secondary N) is 1. The average molecular weight is 297 g/mol. The molecule has 0 saturated heterocycles. The lowest BCUT2D eigenvalue weighted by molar-refractivity contribution is 0.358. The van der Waals surface area contributed by atoms with E-state index in [0.29, 0.717) is 0 Å². The lowest BCUT2D eigenvalue weighted by Gasteiger charge is -2.17. The van der Waals surface area contributed by atoms with Crippen molar-refractivity contribution in [3.05, 3.63) is 28.2 Å². The molecule has 0 fully saturated rings. The Balaban J connectivity index is 2.85. The normalized spacial score (nSPS) is 11.9. The fourth-order valence-electron chi connectivity index (χ4n) is 1.57. The number of ether oxygens (including phenoxy) is 1. The number of halogens is 1. The van der Waals surface area contributed by atoms with Gasteiger partial charge in [-0.25, -0.2) is 0 Å². The van der Waals surface area contributed by atoms with E-state index in [9.17, 15) is 0 Å². The Kier molecular flexibility index (Phi) is 6.03. The first-order valence-corrected chi connectivity index (χ1v) is 6.51. The van der Waals surface area contributed by atoms with E-state index in [1.807, 2.05) is 24.3 Å². The SMILES string of the molecule is CCCNC(C)c1ccc(Br)cc1OCC#N. The van der Waals surface area contributed by atoms with Crippen LogP contribution in [-0.4, -0.2) is 13.2 Å². The Morgan fingerprint density at radius 1 is 1.53 bits per heavy atom. The minimum Gasteiger partial charge on any atom is -0.478 e. The van der Waals surface area contributed by atoms with Crippen molar-refractivity contribution < 1.29 is 4.74 Å². The smallest absolute Gasteiger partial charge is 0.174 e. The molecule has 17 heavy (non-hydrogen) atoms. The van der Waals surface area contributed by atoms with Crippen LogP contribution in [0.1, 0.15) is 31.9 Å². The van der Waals surface area contributed by atoms with Crippen LogP contribution in [0.2, 0.25) is 0 Å². The van der Waals surface area contributed by atoms with E-state index < -0.39 is 0 Å². The van der Waals surface area contributed by atoms with E-state index in [1.54, 1.807) is 0 Å². The topological polar surface area (TPSA) is 45.0 Å². The summed E-state index contributed by atoms with van der Waals surface area (Å²) >= 11 is 3.41. The summed E-state index contributed by atoms with van der Waals surface area (Å²) in [6, 6.07) is 8.11. The van der Waals surface area contributed by atoms with Crippen molar-refractivity contribution in [1.29, 1.82) is 5.26 Å². The van der Waals surface area contributed by atoms with Gasteiger partial charge in [0.1, 0.15) is 11.8 Å². The van der Waals surface area contributed by atoms with Crippen molar-refractivity contribution in [3.63, 3.8) is 0 Å². The monoisotopic (exact) mass is 296 g/mol. The molecule has 1 rings (SSSR count). The molecule has 92 valence electrons. The summed E-state index contributed by atoms with van der Waals surface area (Å²) in [6.45, 7) is 5.27. The third-order valence-corrected chi connectivity index (χ3v) is 2.93. The van der Waals surface area contributed by atoms with Gasteiger partial charge < -0.3 is 10.1 Å². The maximum absolute atomic E-state index is 8.57. The molecule has 1 aromatic rings. The molecule has 4 heteroatoms. The summed E-state index contributed by atoms with van der Waals surface area (Å²) in [5, 5.41) is 12.0. The van der Waals surface area contributed by atoms with Crippen LogP contribution in [0.15, 0.2) is 22.7 Å². The Labute approximate surface area is 111 Å². The van der Waals surface area contributed by atoms with Gasteiger partial charge in [0.25, 0.3) is 0 Å². The number of hydrogen-bond donors (Lipinski definition) is 1. The van der Waals surface area contributed by atoms with Crippen LogP contribution in [0.25, 0.3) is 0 Å². The molecule has 0 aromatic heterocycles. The van der Waals surface area contributed by atoms with E-state index in [4.69, 9.17) is 10.00 Å². The maximum Gasteiger partial charge on any atom is 0.174 e. The first kappa shape index (κ1) is 14.0. The molecule has 1 N–H and O–H groups in total. The molecule has 0 amide bonds. The molecular formula is C13H17BrN2O. The summed E-state index contributed by atoms with van der Waals surface area (Å²) in [5.74, 6) is 0.761. The van der Waals surface area contributed by atoms with Crippen LogP contribution in [0.5, 0.6) is 5.75 Å². The second kappa shape index (κ2) is 7.31. The van der Waals surface area contributed by atoms with E-state index in [2.05, 4.69) is 35.1 Å². The van der Waals surface area contributed by atoms with E-state index in [1.165, 1.54) is 0 Å². The molecule has 0 aliphatic heterocycles. The molecule has 0 radical (unpaired) electrons. The van der Waals surface area contributed by atoms with Gasteiger partial charge >= 0.3 is 0 Å². The average Bonchev–Trinajstić information content (AvgIpc) is 2.33. The molecule has 0 heterocycles. The van der Waals surface area contributed by atoms with Gasteiger partial charge in [-0.05, 0) is 32.0 Å². The summed E-state index contributed by atoms with van der Waals surface area (Å²) in [5.41, 5.74) is 1.08. The van der Waals surface area contributed by atoms with E-state index in [0.717, 1.165) is 28.8 Å². The number of nitrogens with zero attached hydrogens (tertiary/aromatic N) is 1. The van der Waals surface area contributed by atoms with Crippen molar-refractivity contribution in [1.82, 2.24) is 5.32 Å². The summed E-state index contributed by atoms with van der Waals surface area (Å²) in [6.07, 6.45) is 1.09. The fraction of sp³-hybridized carbons (Fsp3) is 0.462. The van der Waals surface area contributed by atoms with Gasteiger partial charge in [0, 0.05) is 16.1 Å². The quantitative estimate of drug-likeness (QED) is 0.875. The summed E-state index contributed by atoms with van der Waals surface area (Å²) in [7, 11) is 0. The summed E-state index contributed by atoms with van der Waals surface area (Å²) < 4.78 is 6.39. The zero-order valence-electron chi connectivity index (χ0n) is 10.2. The van der Waals surface area contributed by atoms with Crippen LogP contribution < -0.4 is 10.1 Å². The highest BCUT2D eigenvalue weighted by atomic mass is 79.9. The van der Waals surface area contributed by atoms with Gasteiger partial charge in [-0.15, -0.1) is 0 Å². The van der Waals surface area contributed by atoms with Gasteiger partial charge in [0.15, 0.2) is 6.61 Å². The predicted octanol–water partition coefficient (Wildman–Crippen LogP) is 3.41. The zero-order valence-corrected chi connectivity index (χ0v) is 11.8. The van der Waals surface area contributed by atoms with Gasteiger partial charge in [0.05, 0.1) is 0 Å². The molecule has 0 aliphatic carbocycles. The Morgan fingerprint density at radius 3 is 2.94 bits per heavy atom. The highest BCUT2D eigenvalue weighted by molar-refractivity contribution is 9.10. The van der Waals surface area contributed by atoms with Gasteiger partial charge in [0.2, 0.25) is 0 Å². The van der Waals surface area contributed by atoms with E-state index >= 15 is 0 Å². The molecule has 0 aliphatic rings. The van der Waals surface area contributed by atoms with Crippen LogP contribution in [-0.2, 0) is 0 Å². The van der Waals surface area contributed by atoms with Gasteiger partial charge in [-0.3, -0.25) is 0 Å². The fourth-order valence-corrected chi connectivity index (χ4v) is 1.91. The maximum atomic E-state index is 8.57. The minimum atomic E-state index is 0.0734. The number of rotatable bonds is 6. The number of benzene rings is 1. The van der Waals surface area contributed by atoms with Crippen molar-refractivity contribution >= 4 is 15.9 Å². The molecule has 0 bridgehead atoms. The third kappa shape index (κ3) is 4.37. The third-order valence-electron chi connectivity index (χ3n) is 2.43. The zero-order chi connectivity index (χ0) is 12.7. The van der Waals surface area contributed by atoms with Crippen molar-refractivity contribution in [3.8, 4) is 11.8 Å². The van der Waals surface area contributed by atoms with Gasteiger partial charge in [-0.1, -0.05) is 28.9 Å². The molecule has 1 unspecified atom stereocenters. The van der Waals surface area contributed by atoms with Crippen molar-refractivity contribution in [2.24, 2.45) is 0 Å². The molecule has 3 nitrogen and oxygen atoms in total. The molecular weight excluding hydrogens is 280 g/mol. The van der Waals surface area contributed by atoms with Crippen LogP contribution in [0, 0.1) is 11.3 Å². The van der Waals surface area contributed by atoms with Gasteiger partial charge in [-0.2, -0.15) is 5.26 Å². The Bertz CT molecular complexity index is 401. The standard InChI is InChI=1S/C13H17BrN2O/c1-3-7-16-10(2)12-5-4-11(14)9-13(12)17-8-6-15/h4-5,9-10,16H,3,7-8H2,1-2H3. The number of hydrogen-bond acceptors (Lipinski definition) is 3. The van der Waals surface area contributed by atoms with E-state index in [-0.39, 0.29) is 12.6 Å². The highest BCUT2D eigenvalue weighted by Gasteiger charge is 2.11. The van der Waals surface area contributed by atoms with Crippen LogP contribution >= 0.6 is 15.9 Å².